The van der Waals surface area contributed by atoms with Gasteiger partial charge in [0.15, 0.2) is 0 Å². The molecule has 0 aliphatic carbocycles. The Labute approximate surface area is 152 Å². The first-order valence-electron chi connectivity index (χ1n) is 10.0. The van der Waals surface area contributed by atoms with E-state index in [4.69, 9.17) is 0 Å². The summed E-state index contributed by atoms with van der Waals surface area (Å²) in [6, 6.07) is 10.1. The van der Waals surface area contributed by atoms with Gasteiger partial charge in [-0.3, -0.25) is 9.69 Å². The smallest absolute Gasteiger partial charge is 0.241 e. The second-order valence-corrected chi connectivity index (χ2v) is 7.75. The number of amides is 1. The number of carbonyl (C=O) groups is 1. The van der Waals surface area contributed by atoms with Gasteiger partial charge in [0.25, 0.3) is 0 Å². The van der Waals surface area contributed by atoms with Gasteiger partial charge in [0.1, 0.15) is 6.04 Å². The summed E-state index contributed by atoms with van der Waals surface area (Å²) >= 11 is 0. The van der Waals surface area contributed by atoms with E-state index in [0.717, 1.165) is 44.1 Å². The first-order chi connectivity index (χ1) is 12.2. The zero-order chi connectivity index (χ0) is 17.5. The first kappa shape index (κ1) is 18.4. The normalized spacial score (nSPS) is 23.5. The zero-order valence-corrected chi connectivity index (χ0v) is 15.6. The minimum atomic E-state index is -0.126. The Kier molecular flexibility index (Phi) is 6.88. The molecular formula is C21H33N3O. The van der Waals surface area contributed by atoms with Gasteiger partial charge < -0.3 is 10.2 Å². The standard InChI is InChI=1S/C21H33N3O/c1-18-9-7-13-23(17-18)14-8-12-22-21(25)20(24-15-5-6-16-24)19-10-3-2-4-11-19/h2-4,10-11,18,20H,5-9,12-17H2,1H3,(H,22,25). The van der Waals surface area contributed by atoms with Crippen molar-refractivity contribution in [3.05, 3.63) is 35.9 Å². The van der Waals surface area contributed by atoms with Crippen molar-refractivity contribution in [3.8, 4) is 0 Å². The van der Waals surface area contributed by atoms with Crippen molar-refractivity contribution in [1.82, 2.24) is 15.1 Å². The van der Waals surface area contributed by atoms with Crippen LogP contribution in [-0.2, 0) is 4.79 Å². The quantitative estimate of drug-likeness (QED) is 0.773. The van der Waals surface area contributed by atoms with Crippen molar-refractivity contribution in [2.45, 2.75) is 45.1 Å². The van der Waals surface area contributed by atoms with Gasteiger partial charge in [-0.2, -0.15) is 0 Å². The van der Waals surface area contributed by atoms with Crippen molar-refractivity contribution in [3.63, 3.8) is 0 Å². The zero-order valence-electron chi connectivity index (χ0n) is 15.6. The van der Waals surface area contributed by atoms with E-state index >= 15 is 0 Å². The molecule has 2 heterocycles. The molecule has 4 nitrogen and oxygen atoms in total. The van der Waals surface area contributed by atoms with Crippen molar-refractivity contribution < 1.29 is 4.79 Å². The summed E-state index contributed by atoms with van der Waals surface area (Å²) < 4.78 is 0. The van der Waals surface area contributed by atoms with Crippen molar-refractivity contribution in [2.24, 2.45) is 5.92 Å². The van der Waals surface area contributed by atoms with Crippen molar-refractivity contribution in [1.29, 1.82) is 0 Å². The van der Waals surface area contributed by atoms with Gasteiger partial charge in [0, 0.05) is 13.1 Å². The minimum absolute atomic E-state index is 0.126. The predicted molar refractivity (Wildman–Crippen MR) is 102 cm³/mol. The molecule has 0 saturated carbocycles. The lowest BCUT2D eigenvalue weighted by molar-refractivity contribution is -0.126. The largest absolute Gasteiger partial charge is 0.354 e. The summed E-state index contributed by atoms with van der Waals surface area (Å²) in [7, 11) is 0. The van der Waals surface area contributed by atoms with Crippen LogP contribution < -0.4 is 5.32 Å². The summed E-state index contributed by atoms with van der Waals surface area (Å²) in [4.78, 5) is 17.7. The Morgan fingerprint density at radius 1 is 1.16 bits per heavy atom. The molecule has 2 saturated heterocycles. The van der Waals surface area contributed by atoms with Gasteiger partial charge in [-0.1, -0.05) is 37.3 Å². The fourth-order valence-electron chi connectivity index (χ4n) is 4.26. The van der Waals surface area contributed by atoms with E-state index in [9.17, 15) is 4.79 Å². The molecule has 0 aromatic heterocycles. The van der Waals surface area contributed by atoms with Crippen LogP contribution in [0.4, 0.5) is 0 Å². The van der Waals surface area contributed by atoms with E-state index in [1.54, 1.807) is 0 Å². The van der Waals surface area contributed by atoms with Gasteiger partial charge in [-0.05, 0) is 69.8 Å². The van der Waals surface area contributed by atoms with E-state index in [1.807, 2.05) is 18.2 Å². The van der Waals surface area contributed by atoms with Crippen LogP contribution in [0.2, 0.25) is 0 Å². The maximum absolute atomic E-state index is 12.9. The second kappa shape index (κ2) is 9.35. The van der Waals surface area contributed by atoms with Crippen LogP contribution in [0.25, 0.3) is 0 Å². The highest BCUT2D eigenvalue weighted by atomic mass is 16.2. The Hall–Kier alpha value is -1.39. The fraction of sp³-hybridized carbons (Fsp3) is 0.667. The molecule has 0 bridgehead atoms. The second-order valence-electron chi connectivity index (χ2n) is 7.75. The molecule has 2 fully saturated rings. The summed E-state index contributed by atoms with van der Waals surface area (Å²) in [5.41, 5.74) is 1.12. The summed E-state index contributed by atoms with van der Waals surface area (Å²) in [6.45, 7) is 8.71. The molecule has 2 unspecified atom stereocenters. The van der Waals surface area contributed by atoms with E-state index in [0.29, 0.717) is 0 Å². The number of likely N-dealkylation sites (tertiary alicyclic amines) is 2. The number of benzene rings is 1. The average Bonchev–Trinajstić information content (AvgIpc) is 3.14. The molecule has 0 spiro atoms. The molecule has 4 heteroatoms. The lowest BCUT2D eigenvalue weighted by atomic mass is 10.0. The fourth-order valence-corrected chi connectivity index (χ4v) is 4.26. The molecule has 25 heavy (non-hydrogen) atoms. The third-order valence-electron chi connectivity index (χ3n) is 5.56. The lowest BCUT2D eigenvalue weighted by Gasteiger charge is -2.31. The molecule has 2 aliphatic heterocycles. The Bertz CT molecular complexity index is 527. The predicted octanol–water partition coefficient (Wildman–Crippen LogP) is 3.06. The van der Waals surface area contributed by atoms with Crippen LogP contribution in [-0.4, -0.2) is 55.0 Å². The monoisotopic (exact) mass is 343 g/mol. The van der Waals surface area contributed by atoms with Crippen molar-refractivity contribution >= 4 is 5.91 Å². The van der Waals surface area contributed by atoms with E-state index < -0.39 is 0 Å². The molecule has 2 atom stereocenters. The summed E-state index contributed by atoms with van der Waals surface area (Å²) in [5, 5.41) is 3.20. The molecule has 0 radical (unpaired) electrons. The minimum Gasteiger partial charge on any atom is -0.354 e. The van der Waals surface area contributed by atoms with Crippen LogP contribution in [0, 0.1) is 5.92 Å². The number of hydrogen-bond donors (Lipinski definition) is 1. The highest BCUT2D eigenvalue weighted by molar-refractivity contribution is 5.83. The molecule has 1 aromatic rings. The first-order valence-corrected chi connectivity index (χ1v) is 10.0. The Balaban J connectivity index is 1.49. The van der Waals surface area contributed by atoms with Crippen LogP contribution in [0.15, 0.2) is 30.3 Å². The van der Waals surface area contributed by atoms with E-state index in [-0.39, 0.29) is 11.9 Å². The van der Waals surface area contributed by atoms with Gasteiger partial charge in [-0.25, -0.2) is 0 Å². The number of hydrogen-bond acceptors (Lipinski definition) is 3. The highest BCUT2D eigenvalue weighted by Crippen LogP contribution is 2.25. The third-order valence-corrected chi connectivity index (χ3v) is 5.56. The number of piperidine rings is 1. The topological polar surface area (TPSA) is 35.6 Å². The third kappa shape index (κ3) is 5.29. The lowest BCUT2D eigenvalue weighted by Crippen LogP contribution is -2.41. The van der Waals surface area contributed by atoms with Crippen LogP contribution in [0.5, 0.6) is 0 Å². The number of rotatable bonds is 7. The van der Waals surface area contributed by atoms with Gasteiger partial charge in [0.05, 0.1) is 0 Å². The molecule has 1 aromatic carbocycles. The molecule has 1 amide bonds. The van der Waals surface area contributed by atoms with E-state index in [2.05, 4.69) is 34.2 Å². The maximum Gasteiger partial charge on any atom is 0.241 e. The van der Waals surface area contributed by atoms with Gasteiger partial charge in [-0.15, -0.1) is 0 Å². The summed E-state index contributed by atoms with van der Waals surface area (Å²) in [6.07, 6.45) is 6.12. The highest BCUT2D eigenvalue weighted by Gasteiger charge is 2.29. The SMILES string of the molecule is CC1CCCN(CCCNC(=O)C(c2ccccc2)N2CCCC2)C1. The number of nitrogens with zero attached hydrogens (tertiary/aromatic N) is 2. The Morgan fingerprint density at radius 2 is 1.92 bits per heavy atom. The Morgan fingerprint density at radius 3 is 2.64 bits per heavy atom. The summed E-state index contributed by atoms with van der Waals surface area (Å²) in [5.74, 6) is 0.987. The maximum atomic E-state index is 12.9. The van der Waals surface area contributed by atoms with Gasteiger partial charge >= 0.3 is 0 Å². The van der Waals surface area contributed by atoms with Crippen LogP contribution in [0.1, 0.15) is 50.6 Å². The number of carbonyl (C=O) groups excluding carboxylic acids is 1. The van der Waals surface area contributed by atoms with Crippen molar-refractivity contribution in [2.75, 3.05) is 39.3 Å². The van der Waals surface area contributed by atoms with Crippen LogP contribution >= 0.6 is 0 Å². The molecular weight excluding hydrogens is 310 g/mol. The number of nitrogens with one attached hydrogen (secondary N) is 1. The molecule has 2 aliphatic rings. The average molecular weight is 344 g/mol. The van der Waals surface area contributed by atoms with Crippen LogP contribution in [0.3, 0.4) is 0 Å². The molecule has 138 valence electrons. The van der Waals surface area contributed by atoms with Gasteiger partial charge in [0.2, 0.25) is 5.91 Å². The molecule has 1 N–H and O–H groups in total. The van der Waals surface area contributed by atoms with E-state index in [1.165, 1.54) is 38.8 Å². The molecule has 3 rings (SSSR count).